The summed E-state index contributed by atoms with van der Waals surface area (Å²) in [7, 11) is 0. The maximum Gasteiger partial charge on any atom is 0.311 e. The van der Waals surface area contributed by atoms with E-state index in [0.717, 1.165) is 36.0 Å². The van der Waals surface area contributed by atoms with Crippen molar-refractivity contribution in [3.63, 3.8) is 0 Å². The van der Waals surface area contributed by atoms with Crippen molar-refractivity contribution < 1.29 is 14.3 Å². The second kappa shape index (κ2) is 4.47. The van der Waals surface area contributed by atoms with E-state index in [2.05, 4.69) is 0 Å². The molecule has 7 unspecified atom stereocenters. The van der Waals surface area contributed by atoms with E-state index in [1.807, 2.05) is 6.92 Å². The third kappa shape index (κ3) is 1.70. The van der Waals surface area contributed by atoms with Gasteiger partial charge in [-0.15, -0.1) is 0 Å². The number of hydrogen-bond acceptors (Lipinski definition) is 3. The first-order valence-corrected chi connectivity index (χ1v) is 8.04. The van der Waals surface area contributed by atoms with Crippen molar-refractivity contribution >= 4 is 5.97 Å². The first kappa shape index (κ1) is 12.2. The SMILES string of the molecule is CCOCOC(=O)C1CC2CC1C1C3CCC(C3)C21. The molecule has 0 aromatic heterocycles. The van der Waals surface area contributed by atoms with Crippen molar-refractivity contribution in [3.8, 4) is 0 Å². The smallest absolute Gasteiger partial charge is 0.311 e. The number of hydrogen-bond donors (Lipinski definition) is 0. The standard InChI is InChI=1S/C16H24O3/c1-2-18-8-19-16(17)13-7-11-6-12(13)15-10-4-3-9(5-10)14(11)15/h9-15H,2-8H2,1H3. The molecular formula is C16H24O3. The first-order valence-electron chi connectivity index (χ1n) is 8.04. The molecule has 0 aromatic carbocycles. The summed E-state index contributed by atoms with van der Waals surface area (Å²) in [6.07, 6.45) is 6.75. The molecule has 3 nitrogen and oxygen atoms in total. The summed E-state index contributed by atoms with van der Waals surface area (Å²) in [5.74, 6) is 5.45. The molecular weight excluding hydrogens is 240 g/mol. The van der Waals surface area contributed by atoms with Crippen LogP contribution in [0.4, 0.5) is 0 Å². The molecule has 7 atom stereocenters. The lowest BCUT2D eigenvalue weighted by atomic mass is 9.67. The molecule has 0 spiro atoms. The second-order valence-electron chi connectivity index (χ2n) is 7.06. The lowest BCUT2D eigenvalue weighted by Crippen LogP contribution is -2.36. The van der Waals surface area contributed by atoms with E-state index < -0.39 is 0 Å². The topological polar surface area (TPSA) is 35.5 Å². The Morgan fingerprint density at radius 2 is 1.84 bits per heavy atom. The Bertz CT molecular complexity index is 380. The molecule has 3 heteroatoms. The fourth-order valence-electron chi connectivity index (χ4n) is 6.13. The van der Waals surface area contributed by atoms with Crippen LogP contribution < -0.4 is 0 Å². The predicted molar refractivity (Wildman–Crippen MR) is 70.1 cm³/mol. The molecule has 0 N–H and O–H groups in total. The Morgan fingerprint density at radius 3 is 2.63 bits per heavy atom. The highest BCUT2D eigenvalue weighted by Crippen LogP contribution is 2.68. The average molecular weight is 264 g/mol. The zero-order valence-corrected chi connectivity index (χ0v) is 11.7. The molecule has 4 fully saturated rings. The van der Waals surface area contributed by atoms with Crippen LogP contribution in [-0.4, -0.2) is 19.4 Å². The molecule has 0 heterocycles. The van der Waals surface area contributed by atoms with Gasteiger partial charge < -0.3 is 9.47 Å². The highest BCUT2D eigenvalue weighted by molar-refractivity contribution is 5.73. The van der Waals surface area contributed by atoms with Crippen molar-refractivity contribution in [2.24, 2.45) is 41.4 Å². The quantitative estimate of drug-likeness (QED) is 0.339. The molecule has 4 aliphatic carbocycles. The number of carbonyl (C=O) groups is 1. The van der Waals surface area contributed by atoms with E-state index in [4.69, 9.17) is 9.47 Å². The second-order valence-corrected chi connectivity index (χ2v) is 7.06. The Kier molecular flexibility index (Phi) is 2.87. The van der Waals surface area contributed by atoms with Crippen LogP contribution in [0.25, 0.3) is 0 Å². The van der Waals surface area contributed by atoms with E-state index in [0.29, 0.717) is 12.5 Å². The van der Waals surface area contributed by atoms with Gasteiger partial charge in [0.1, 0.15) is 0 Å². The fourth-order valence-corrected chi connectivity index (χ4v) is 6.13. The number of ether oxygens (including phenoxy) is 2. The normalized spacial score (nSPS) is 49.6. The Balaban J connectivity index is 1.43. The Morgan fingerprint density at radius 1 is 1.05 bits per heavy atom. The van der Waals surface area contributed by atoms with Crippen LogP contribution in [0.15, 0.2) is 0 Å². The molecule has 4 aliphatic rings. The van der Waals surface area contributed by atoms with Gasteiger partial charge in [-0.25, -0.2) is 0 Å². The summed E-state index contributed by atoms with van der Waals surface area (Å²) in [6.45, 7) is 2.67. The third-order valence-corrected chi connectivity index (χ3v) is 6.53. The molecule has 4 saturated carbocycles. The molecule has 0 radical (unpaired) electrons. The van der Waals surface area contributed by atoms with Gasteiger partial charge in [0, 0.05) is 6.61 Å². The van der Waals surface area contributed by atoms with Gasteiger partial charge in [0.25, 0.3) is 0 Å². The fraction of sp³-hybridized carbons (Fsp3) is 0.938. The van der Waals surface area contributed by atoms with Gasteiger partial charge in [0.15, 0.2) is 6.79 Å². The number of fused-ring (bicyclic) bond motifs is 9. The minimum Gasteiger partial charge on any atom is -0.438 e. The number of esters is 1. The summed E-state index contributed by atoms with van der Waals surface area (Å²) >= 11 is 0. The van der Waals surface area contributed by atoms with Crippen molar-refractivity contribution in [1.82, 2.24) is 0 Å². The molecule has 0 saturated heterocycles. The molecule has 4 rings (SSSR count). The summed E-state index contributed by atoms with van der Waals surface area (Å²) < 4.78 is 10.4. The van der Waals surface area contributed by atoms with Gasteiger partial charge in [-0.3, -0.25) is 4.79 Å². The summed E-state index contributed by atoms with van der Waals surface area (Å²) in [4.78, 5) is 12.2. The van der Waals surface area contributed by atoms with Crippen LogP contribution >= 0.6 is 0 Å². The van der Waals surface area contributed by atoms with Gasteiger partial charge in [-0.1, -0.05) is 0 Å². The molecule has 0 aromatic rings. The van der Waals surface area contributed by atoms with Crippen LogP contribution in [0, 0.1) is 41.4 Å². The van der Waals surface area contributed by atoms with Crippen molar-refractivity contribution in [1.29, 1.82) is 0 Å². The van der Waals surface area contributed by atoms with E-state index in [9.17, 15) is 4.79 Å². The van der Waals surface area contributed by atoms with Crippen molar-refractivity contribution in [2.75, 3.05) is 13.4 Å². The average Bonchev–Trinajstić information content (AvgIpc) is 3.16. The van der Waals surface area contributed by atoms with E-state index in [1.165, 1.54) is 25.7 Å². The Labute approximate surface area is 115 Å². The van der Waals surface area contributed by atoms with Crippen LogP contribution in [0.1, 0.15) is 39.0 Å². The Hall–Kier alpha value is -0.570. The minimum absolute atomic E-state index is 0.0159. The monoisotopic (exact) mass is 264 g/mol. The predicted octanol–water partition coefficient (Wildman–Crippen LogP) is 2.84. The highest BCUT2D eigenvalue weighted by atomic mass is 16.7. The largest absolute Gasteiger partial charge is 0.438 e. The van der Waals surface area contributed by atoms with Crippen LogP contribution in [0.2, 0.25) is 0 Å². The van der Waals surface area contributed by atoms with Crippen LogP contribution in [0.5, 0.6) is 0 Å². The zero-order chi connectivity index (χ0) is 13.0. The van der Waals surface area contributed by atoms with E-state index >= 15 is 0 Å². The first-order chi connectivity index (χ1) is 9.29. The summed E-state index contributed by atoms with van der Waals surface area (Å²) in [5.41, 5.74) is 0. The molecule has 0 amide bonds. The van der Waals surface area contributed by atoms with Gasteiger partial charge >= 0.3 is 5.97 Å². The van der Waals surface area contributed by atoms with E-state index in [-0.39, 0.29) is 18.7 Å². The molecule has 19 heavy (non-hydrogen) atoms. The number of carbonyl (C=O) groups excluding carboxylic acids is 1. The van der Waals surface area contributed by atoms with Gasteiger partial charge in [-0.05, 0) is 74.5 Å². The summed E-state index contributed by atoms with van der Waals surface area (Å²) in [6, 6.07) is 0. The van der Waals surface area contributed by atoms with Crippen molar-refractivity contribution in [3.05, 3.63) is 0 Å². The summed E-state index contributed by atoms with van der Waals surface area (Å²) in [5, 5.41) is 0. The van der Waals surface area contributed by atoms with Gasteiger partial charge in [-0.2, -0.15) is 0 Å². The molecule has 4 bridgehead atoms. The maximum atomic E-state index is 12.2. The van der Waals surface area contributed by atoms with Crippen LogP contribution in [-0.2, 0) is 14.3 Å². The molecule has 0 aliphatic heterocycles. The zero-order valence-electron chi connectivity index (χ0n) is 11.7. The van der Waals surface area contributed by atoms with Gasteiger partial charge in [0.2, 0.25) is 0 Å². The van der Waals surface area contributed by atoms with Crippen molar-refractivity contribution in [2.45, 2.75) is 39.0 Å². The lowest BCUT2D eigenvalue weighted by Gasteiger charge is -2.37. The van der Waals surface area contributed by atoms with E-state index in [1.54, 1.807) is 0 Å². The third-order valence-electron chi connectivity index (χ3n) is 6.53. The van der Waals surface area contributed by atoms with Crippen LogP contribution in [0.3, 0.4) is 0 Å². The maximum absolute atomic E-state index is 12.2. The highest BCUT2D eigenvalue weighted by Gasteiger charge is 2.63. The van der Waals surface area contributed by atoms with Gasteiger partial charge in [0.05, 0.1) is 5.92 Å². The molecule has 106 valence electrons. The lowest BCUT2D eigenvalue weighted by molar-refractivity contribution is -0.164. The number of rotatable bonds is 4. The minimum atomic E-state index is 0.0159.